The van der Waals surface area contributed by atoms with E-state index >= 15 is 0 Å². The highest BCUT2D eigenvalue weighted by molar-refractivity contribution is 7.89. The fourth-order valence-electron chi connectivity index (χ4n) is 5.62. The Balaban J connectivity index is 1.97. The first-order valence-electron chi connectivity index (χ1n) is 17.5. The van der Waals surface area contributed by atoms with E-state index in [1.807, 2.05) is 6.07 Å². The second kappa shape index (κ2) is 21.6. The van der Waals surface area contributed by atoms with Crippen LogP contribution < -0.4 is 22.1 Å². The van der Waals surface area contributed by atoms with Gasteiger partial charge in [-0.15, -0.1) is 0 Å². The molecule has 14 nitrogen and oxygen atoms in total. The van der Waals surface area contributed by atoms with Gasteiger partial charge in [0.1, 0.15) is 18.8 Å². The lowest BCUT2D eigenvalue weighted by atomic mass is 9.93. The van der Waals surface area contributed by atoms with Gasteiger partial charge in [-0.25, -0.2) is 18.0 Å². The monoisotopic (exact) mass is 753 g/mol. The molecule has 0 aliphatic rings. The standard InChI is InChI=1S/C38H51N5O9S/c1-27-19-21-30(22-20-27)53(49,50)43(38(48)51-2)33(18-10-12-24-40)36(46)41-32(25-28-13-5-3-6-14-28)35(45)34(44)31(17-9-11-23-39)42-37(47)52-26-29-15-7-4-8-16-29/h3-8,13-16,19-22,31-34,44H,9-12,17-18,23-26,39-40H2,1-2H3,(H,41,46)(H,42,47)/t31-,32-,33+,34?/m0/s1. The van der Waals surface area contributed by atoms with Crippen LogP contribution in [0, 0.1) is 6.92 Å². The van der Waals surface area contributed by atoms with Crippen molar-refractivity contribution in [2.24, 2.45) is 11.5 Å². The Bertz CT molecular complexity index is 1710. The number of methoxy groups -OCH3 is 1. The van der Waals surface area contributed by atoms with Gasteiger partial charge in [-0.3, -0.25) is 9.59 Å². The number of alkyl carbamates (subject to hydrolysis) is 1. The Morgan fingerprint density at radius 2 is 1.36 bits per heavy atom. The Hall–Kier alpha value is -4.83. The second-order valence-electron chi connectivity index (χ2n) is 12.6. The van der Waals surface area contributed by atoms with Crippen molar-refractivity contribution in [3.05, 3.63) is 102 Å². The van der Waals surface area contributed by atoms with E-state index in [0.717, 1.165) is 18.2 Å². The van der Waals surface area contributed by atoms with Crippen molar-refractivity contribution in [3.63, 3.8) is 0 Å². The number of hydrogen-bond acceptors (Lipinski definition) is 11. The van der Waals surface area contributed by atoms with Crippen LogP contribution in [-0.2, 0) is 42.1 Å². The summed E-state index contributed by atoms with van der Waals surface area (Å²) in [6.07, 6.45) is -2.42. The third kappa shape index (κ3) is 13.0. The molecule has 0 aromatic heterocycles. The number of hydrogen-bond donors (Lipinski definition) is 5. The number of ketones is 1. The summed E-state index contributed by atoms with van der Waals surface area (Å²) < 4.78 is 38.5. The van der Waals surface area contributed by atoms with Gasteiger partial charge in [0, 0.05) is 0 Å². The molecule has 0 spiro atoms. The predicted molar refractivity (Wildman–Crippen MR) is 199 cm³/mol. The second-order valence-corrected chi connectivity index (χ2v) is 14.4. The first kappa shape index (κ1) is 42.6. The van der Waals surface area contributed by atoms with Crippen LogP contribution in [0.15, 0.2) is 89.8 Å². The molecular formula is C38H51N5O9S. The molecule has 0 radical (unpaired) electrons. The van der Waals surface area contributed by atoms with Gasteiger partial charge in [0.2, 0.25) is 5.91 Å². The molecule has 3 aromatic rings. The molecule has 15 heteroatoms. The summed E-state index contributed by atoms with van der Waals surface area (Å²) in [5, 5.41) is 16.7. The third-order valence-electron chi connectivity index (χ3n) is 8.55. The van der Waals surface area contributed by atoms with Crippen LogP contribution in [0.4, 0.5) is 9.59 Å². The zero-order valence-electron chi connectivity index (χ0n) is 30.2. The average molecular weight is 754 g/mol. The number of carbonyl (C=O) groups is 4. The number of amides is 3. The van der Waals surface area contributed by atoms with Gasteiger partial charge in [-0.1, -0.05) is 84.8 Å². The zero-order chi connectivity index (χ0) is 38.8. The van der Waals surface area contributed by atoms with Gasteiger partial charge in [-0.2, -0.15) is 4.31 Å². The van der Waals surface area contributed by atoms with E-state index in [-0.39, 0.29) is 43.7 Å². The maximum atomic E-state index is 14.2. The van der Waals surface area contributed by atoms with Crippen molar-refractivity contribution >= 4 is 33.9 Å². The highest BCUT2D eigenvalue weighted by atomic mass is 32.2. The lowest BCUT2D eigenvalue weighted by molar-refractivity contribution is -0.135. The first-order chi connectivity index (χ1) is 25.4. The summed E-state index contributed by atoms with van der Waals surface area (Å²) in [4.78, 5) is 54.3. The van der Waals surface area contributed by atoms with Crippen LogP contribution in [0.2, 0.25) is 0 Å². The van der Waals surface area contributed by atoms with E-state index < -0.39 is 58.1 Å². The molecule has 3 rings (SSSR count). The Morgan fingerprint density at radius 1 is 0.792 bits per heavy atom. The van der Waals surface area contributed by atoms with E-state index in [1.54, 1.807) is 73.7 Å². The minimum Gasteiger partial charge on any atom is -0.452 e. The summed E-state index contributed by atoms with van der Waals surface area (Å²) in [7, 11) is -3.65. The number of nitrogens with two attached hydrogens (primary N) is 2. The van der Waals surface area contributed by atoms with Crippen LogP contribution in [-0.4, -0.2) is 86.1 Å². The fraction of sp³-hybridized carbons (Fsp3) is 0.421. The van der Waals surface area contributed by atoms with E-state index in [0.29, 0.717) is 35.7 Å². The molecule has 0 heterocycles. The number of nitrogens with zero attached hydrogens (tertiary/aromatic N) is 1. The van der Waals surface area contributed by atoms with Crippen LogP contribution in [0.3, 0.4) is 0 Å². The number of aliphatic hydroxyl groups excluding tert-OH is 1. The third-order valence-corrected chi connectivity index (χ3v) is 10.3. The number of benzene rings is 3. The number of unbranched alkanes of at least 4 members (excludes halogenated alkanes) is 2. The quantitative estimate of drug-likeness (QED) is 0.0994. The van der Waals surface area contributed by atoms with Gasteiger partial charge in [0.15, 0.2) is 5.78 Å². The minimum absolute atomic E-state index is 0.0489. The van der Waals surface area contributed by atoms with Crippen molar-refractivity contribution in [2.45, 2.75) is 87.6 Å². The van der Waals surface area contributed by atoms with Crippen molar-refractivity contribution in [1.29, 1.82) is 0 Å². The molecule has 53 heavy (non-hydrogen) atoms. The number of aryl methyl sites for hydroxylation is 1. The number of ether oxygens (including phenoxy) is 2. The molecule has 0 saturated heterocycles. The maximum Gasteiger partial charge on any atom is 0.424 e. The molecule has 0 aliphatic carbocycles. The molecule has 7 N–H and O–H groups in total. The highest BCUT2D eigenvalue weighted by Crippen LogP contribution is 2.24. The van der Waals surface area contributed by atoms with Gasteiger partial charge < -0.3 is 36.7 Å². The van der Waals surface area contributed by atoms with Crippen LogP contribution >= 0.6 is 0 Å². The predicted octanol–water partition coefficient (Wildman–Crippen LogP) is 3.33. The number of sulfonamides is 1. The van der Waals surface area contributed by atoms with E-state index in [2.05, 4.69) is 10.6 Å². The Kier molecular flexibility index (Phi) is 17.4. The Morgan fingerprint density at radius 3 is 1.92 bits per heavy atom. The minimum atomic E-state index is -4.65. The molecule has 0 aliphatic heterocycles. The van der Waals surface area contributed by atoms with Crippen molar-refractivity contribution in [2.75, 3.05) is 20.2 Å². The molecule has 0 saturated carbocycles. The summed E-state index contributed by atoms with van der Waals surface area (Å²) >= 11 is 0. The highest BCUT2D eigenvalue weighted by Gasteiger charge is 2.42. The number of aliphatic hydroxyl groups is 1. The molecule has 4 atom stereocenters. The smallest absolute Gasteiger partial charge is 0.424 e. The molecular weight excluding hydrogens is 703 g/mol. The lowest BCUT2D eigenvalue weighted by Gasteiger charge is -2.31. The molecule has 1 unspecified atom stereocenters. The molecule has 3 aromatic carbocycles. The maximum absolute atomic E-state index is 14.2. The average Bonchev–Trinajstić information content (AvgIpc) is 3.16. The summed E-state index contributed by atoms with van der Waals surface area (Å²) in [6, 6.07) is 19.2. The van der Waals surface area contributed by atoms with Gasteiger partial charge in [0.05, 0.1) is 24.1 Å². The van der Waals surface area contributed by atoms with Gasteiger partial charge in [0.25, 0.3) is 10.0 Å². The largest absolute Gasteiger partial charge is 0.452 e. The molecule has 3 amide bonds. The topological polar surface area (TPSA) is 220 Å². The van der Waals surface area contributed by atoms with Crippen molar-refractivity contribution < 1.29 is 42.2 Å². The van der Waals surface area contributed by atoms with Crippen LogP contribution in [0.5, 0.6) is 0 Å². The normalized spacial score (nSPS) is 13.5. The Labute approximate surface area is 311 Å². The van der Waals surface area contributed by atoms with Gasteiger partial charge >= 0.3 is 12.2 Å². The van der Waals surface area contributed by atoms with Crippen LogP contribution in [0.1, 0.15) is 55.2 Å². The number of Topliss-reactive ketones (excluding diaryl/α,β-unsaturated/α-hetero) is 1. The fourth-order valence-corrected chi connectivity index (χ4v) is 7.14. The van der Waals surface area contributed by atoms with Crippen molar-refractivity contribution in [3.8, 4) is 0 Å². The van der Waals surface area contributed by atoms with Gasteiger partial charge in [-0.05, 0) is 81.8 Å². The number of carbonyl (C=O) groups excluding carboxylic acids is 4. The zero-order valence-corrected chi connectivity index (χ0v) is 31.0. The lowest BCUT2D eigenvalue weighted by Crippen LogP contribution is -2.58. The summed E-state index contributed by atoms with van der Waals surface area (Å²) in [5.41, 5.74) is 13.5. The molecule has 0 bridgehead atoms. The summed E-state index contributed by atoms with van der Waals surface area (Å²) in [6.45, 7) is 2.30. The number of nitrogens with one attached hydrogen (secondary N) is 2. The molecule has 0 fully saturated rings. The van der Waals surface area contributed by atoms with E-state index in [4.69, 9.17) is 20.9 Å². The summed E-state index contributed by atoms with van der Waals surface area (Å²) in [5.74, 6) is -1.82. The molecule has 288 valence electrons. The first-order valence-corrected chi connectivity index (χ1v) is 19.0. The number of rotatable bonds is 21. The van der Waals surface area contributed by atoms with E-state index in [1.165, 1.54) is 12.1 Å². The van der Waals surface area contributed by atoms with Crippen LogP contribution in [0.25, 0.3) is 0 Å². The van der Waals surface area contributed by atoms with Crippen molar-refractivity contribution in [1.82, 2.24) is 14.9 Å². The SMILES string of the molecule is COC(=O)N([C@H](CCCCN)C(=O)N[C@@H](Cc1ccccc1)C(=O)C(O)[C@H](CCCCN)NC(=O)OCc1ccccc1)S(=O)(=O)c1ccc(C)cc1. The van der Waals surface area contributed by atoms with E-state index in [9.17, 15) is 32.7 Å².